The quantitative estimate of drug-likeness (QED) is 0.729. The highest BCUT2D eigenvalue weighted by atomic mass is 79.9. The molecule has 0 bridgehead atoms. The van der Waals surface area contributed by atoms with Crippen molar-refractivity contribution in [3.05, 3.63) is 63.6 Å². The third-order valence-electron chi connectivity index (χ3n) is 4.50. The van der Waals surface area contributed by atoms with Crippen LogP contribution in [0, 0.1) is 0 Å². The summed E-state index contributed by atoms with van der Waals surface area (Å²) in [6.07, 6.45) is 1.92. The molecule has 1 N–H and O–H groups in total. The molecule has 1 aliphatic heterocycles. The van der Waals surface area contributed by atoms with Crippen LogP contribution in [0.1, 0.15) is 23.2 Å². The molecule has 2 aromatic rings. The Morgan fingerprint density at radius 2 is 1.92 bits per heavy atom. The molecule has 3 rings (SSSR count). The summed E-state index contributed by atoms with van der Waals surface area (Å²) < 4.78 is 6.67. The molecule has 0 aromatic heterocycles. The molecule has 0 saturated carbocycles. The number of carbonyl (C=O) groups is 1. The van der Waals surface area contributed by atoms with Crippen molar-refractivity contribution in [2.24, 2.45) is 0 Å². The van der Waals surface area contributed by atoms with Crippen LogP contribution in [-0.2, 0) is 0 Å². The van der Waals surface area contributed by atoms with Gasteiger partial charge in [-0.25, -0.2) is 0 Å². The molecule has 1 saturated heterocycles. The van der Waals surface area contributed by atoms with Gasteiger partial charge in [0.2, 0.25) is 0 Å². The second kappa shape index (κ2) is 9.40. The van der Waals surface area contributed by atoms with Gasteiger partial charge in [0.05, 0.1) is 0 Å². The van der Waals surface area contributed by atoms with Gasteiger partial charge in [-0.2, -0.15) is 0 Å². The number of likely N-dealkylation sites (tertiary alicyclic amines) is 1. The van der Waals surface area contributed by atoms with Crippen molar-refractivity contribution in [2.45, 2.75) is 18.9 Å². The molecule has 2 aromatic carbocycles. The number of carbonyl (C=O) groups excluding carboxylic acids is 1. The zero-order valence-corrected chi connectivity index (χ0v) is 16.8. The van der Waals surface area contributed by atoms with Crippen molar-refractivity contribution >= 4 is 33.4 Å². The molecule has 0 radical (unpaired) electrons. The lowest BCUT2D eigenvalue weighted by Crippen LogP contribution is -2.45. The van der Waals surface area contributed by atoms with Crippen molar-refractivity contribution in [1.82, 2.24) is 10.2 Å². The second-order valence-corrected chi connectivity index (χ2v) is 7.75. The number of piperidine rings is 1. The van der Waals surface area contributed by atoms with E-state index in [-0.39, 0.29) is 11.9 Å². The molecule has 1 heterocycles. The minimum absolute atomic E-state index is 0.00387. The van der Waals surface area contributed by atoms with Crippen LogP contribution >= 0.6 is 27.5 Å². The maximum atomic E-state index is 12.3. The molecular formula is C20H22BrClN2O2. The van der Waals surface area contributed by atoms with E-state index in [4.69, 9.17) is 16.3 Å². The first-order chi connectivity index (χ1) is 12.6. The van der Waals surface area contributed by atoms with Gasteiger partial charge >= 0.3 is 0 Å². The van der Waals surface area contributed by atoms with Crippen molar-refractivity contribution in [2.75, 3.05) is 26.2 Å². The first-order valence-corrected chi connectivity index (χ1v) is 9.94. The molecule has 1 aliphatic rings. The first-order valence-electron chi connectivity index (χ1n) is 8.77. The smallest absolute Gasteiger partial charge is 0.251 e. The van der Waals surface area contributed by atoms with Gasteiger partial charge in [-0.05, 0) is 55.3 Å². The van der Waals surface area contributed by atoms with Crippen molar-refractivity contribution in [3.63, 3.8) is 0 Å². The molecule has 1 amide bonds. The largest absolute Gasteiger partial charge is 0.492 e. The summed E-state index contributed by atoms with van der Waals surface area (Å²) in [6.45, 7) is 3.46. The van der Waals surface area contributed by atoms with Crippen molar-refractivity contribution in [3.8, 4) is 5.75 Å². The highest BCUT2D eigenvalue weighted by Crippen LogP contribution is 2.16. The average Bonchev–Trinajstić information content (AvgIpc) is 2.65. The zero-order valence-electron chi connectivity index (χ0n) is 14.5. The summed E-state index contributed by atoms with van der Waals surface area (Å²) in [7, 11) is 0. The van der Waals surface area contributed by atoms with E-state index in [1.807, 2.05) is 48.5 Å². The van der Waals surface area contributed by atoms with Crippen LogP contribution in [-0.4, -0.2) is 43.1 Å². The first kappa shape index (κ1) is 19.2. The average molecular weight is 438 g/mol. The van der Waals surface area contributed by atoms with Gasteiger partial charge in [-0.1, -0.05) is 33.6 Å². The molecule has 6 heteroatoms. The second-order valence-electron chi connectivity index (χ2n) is 6.40. The Kier molecular flexibility index (Phi) is 6.94. The predicted molar refractivity (Wildman–Crippen MR) is 108 cm³/mol. The zero-order chi connectivity index (χ0) is 18.4. The van der Waals surface area contributed by atoms with Crippen LogP contribution < -0.4 is 10.1 Å². The fourth-order valence-corrected chi connectivity index (χ4v) is 3.55. The number of amides is 1. The number of benzene rings is 2. The lowest BCUT2D eigenvalue weighted by atomic mass is 10.0. The van der Waals surface area contributed by atoms with Gasteiger partial charge in [0.25, 0.3) is 5.91 Å². The number of halogens is 2. The number of nitrogens with one attached hydrogen (secondary N) is 1. The SMILES string of the molecule is O=C(NC1CCN(CCOc2ccc(Cl)cc2)CC1)c1cccc(Br)c1. The van der Waals surface area contributed by atoms with Gasteiger partial charge in [0.15, 0.2) is 0 Å². The monoisotopic (exact) mass is 436 g/mol. The molecule has 4 nitrogen and oxygen atoms in total. The highest BCUT2D eigenvalue weighted by Gasteiger charge is 2.21. The van der Waals surface area contributed by atoms with E-state index in [0.29, 0.717) is 17.2 Å². The minimum atomic E-state index is -0.00387. The molecule has 1 fully saturated rings. The van der Waals surface area contributed by atoms with Crippen LogP contribution in [0.5, 0.6) is 5.75 Å². The summed E-state index contributed by atoms with van der Waals surface area (Å²) in [5.74, 6) is 0.835. The summed E-state index contributed by atoms with van der Waals surface area (Å²) in [5, 5.41) is 3.85. The Balaban J connectivity index is 1.37. The Morgan fingerprint density at radius 1 is 1.19 bits per heavy atom. The fraction of sp³-hybridized carbons (Fsp3) is 0.350. The summed E-state index contributed by atoms with van der Waals surface area (Å²) in [5.41, 5.74) is 0.693. The van der Waals surface area contributed by atoms with Gasteiger partial charge in [-0.15, -0.1) is 0 Å². The third-order valence-corrected chi connectivity index (χ3v) is 5.24. The van der Waals surface area contributed by atoms with Crippen LogP contribution in [0.2, 0.25) is 5.02 Å². The maximum Gasteiger partial charge on any atom is 0.251 e. The van der Waals surface area contributed by atoms with Crippen LogP contribution in [0.4, 0.5) is 0 Å². The highest BCUT2D eigenvalue weighted by molar-refractivity contribution is 9.10. The van der Waals surface area contributed by atoms with E-state index >= 15 is 0 Å². The minimum Gasteiger partial charge on any atom is -0.492 e. The Labute approximate surface area is 167 Å². The topological polar surface area (TPSA) is 41.6 Å². The number of rotatable bonds is 6. The molecular weight excluding hydrogens is 416 g/mol. The standard InChI is InChI=1S/C20H22BrClN2O2/c21-16-3-1-2-15(14-16)20(25)23-18-8-10-24(11-9-18)12-13-26-19-6-4-17(22)5-7-19/h1-7,14,18H,8-13H2,(H,23,25). The maximum absolute atomic E-state index is 12.3. The summed E-state index contributed by atoms with van der Waals surface area (Å²) in [4.78, 5) is 14.7. The van der Waals surface area contributed by atoms with Crippen molar-refractivity contribution < 1.29 is 9.53 Å². The van der Waals surface area contributed by atoms with Gasteiger partial charge in [0, 0.05) is 40.7 Å². The number of hydrogen-bond donors (Lipinski definition) is 1. The van der Waals surface area contributed by atoms with Gasteiger partial charge in [0.1, 0.15) is 12.4 Å². The lowest BCUT2D eigenvalue weighted by molar-refractivity contribution is 0.0905. The molecule has 0 unspecified atom stereocenters. The molecule has 26 heavy (non-hydrogen) atoms. The van der Waals surface area contributed by atoms with Crippen molar-refractivity contribution in [1.29, 1.82) is 0 Å². The fourth-order valence-electron chi connectivity index (χ4n) is 3.02. The van der Waals surface area contributed by atoms with E-state index < -0.39 is 0 Å². The van der Waals surface area contributed by atoms with Crippen LogP contribution in [0.15, 0.2) is 53.0 Å². The van der Waals surface area contributed by atoms with E-state index in [0.717, 1.165) is 42.7 Å². The van der Waals surface area contributed by atoms with E-state index in [1.165, 1.54) is 0 Å². The molecule has 0 atom stereocenters. The number of ether oxygens (including phenoxy) is 1. The molecule has 138 valence electrons. The normalized spacial score (nSPS) is 15.6. The Hall–Kier alpha value is -1.56. The van der Waals surface area contributed by atoms with Crippen LogP contribution in [0.25, 0.3) is 0 Å². The van der Waals surface area contributed by atoms with Crippen LogP contribution in [0.3, 0.4) is 0 Å². The number of hydrogen-bond acceptors (Lipinski definition) is 3. The van der Waals surface area contributed by atoms with E-state index in [2.05, 4.69) is 26.1 Å². The van der Waals surface area contributed by atoms with Gasteiger partial charge < -0.3 is 10.1 Å². The molecule has 0 spiro atoms. The number of nitrogens with zero attached hydrogens (tertiary/aromatic N) is 1. The predicted octanol–water partition coefficient (Wildman–Crippen LogP) is 4.38. The summed E-state index contributed by atoms with van der Waals surface area (Å²) >= 11 is 9.27. The lowest BCUT2D eigenvalue weighted by Gasteiger charge is -2.32. The Bertz CT molecular complexity index is 731. The Morgan fingerprint density at radius 3 is 2.62 bits per heavy atom. The third kappa shape index (κ3) is 5.73. The van der Waals surface area contributed by atoms with Gasteiger partial charge in [-0.3, -0.25) is 9.69 Å². The van der Waals surface area contributed by atoms with E-state index in [1.54, 1.807) is 0 Å². The molecule has 0 aliphatic carbocycles. The van der Waals surface area contributed by atoms with E-state index in [9.17, 15) is 4.79 Å². The summed E-state index contributed by atoms with van der Waals surface area (Å²) in [6, 6.07) is 15.1.